The molecular formula is C9H17N. The number of hydrogen-bond acceptors (Lipinski definition) is 1. The molecule has 1 N–H and O–H groups in total. The molecule has 1 heterocycles. The highest BCUT2D eigenvalue weighted by Gasteiger charge is 2.18. The van der Waals surface area contributed by atoms with E-state index in [1.165, 1.54) is 19.3 Å². The Morgan fingerprint density at radius 3 is 2.90 bits per heavy atom. The highest BCUT2D eigenvalue weighted by Crippen LogP contribution is 2.15. The largest absolute Gasteiger partial charge is 0.311 e. The van der Waals surface area contributed by atoms with Crippen LogP contribution in [0.2, 0.25) is 0 Å². The molecule has 10 heavy (non-hydrogen) atoms. The Hall–Kier alpha value is -0.300. The van der Waals surface area contributed by atoms with Gasteiger partial charge in [-0.3, -0.25) is 0 Å². The van der Waals surface area contributed by atoms with Gasteiger partial charge in [0.15, 0.2) is 0 Å². The van der Waals surface area contributed by atoms with Gasteiger partial charge in [-0.2, -0.15) is 0 Å². The molecule has 1 heteroatoms. The normalized spacial score (nSPS) is 32.5. The summed E-state index contributed by atoms with van der Waals surface area (Å²) in [5.41, 5.74) is 0. The highest BCUT2D eigenvalue weighted by molar-refractivity contribution is 4.82. The van der Waals surface area contributed by atoms with Crippen LogP contribution >= 0.6 is 0 Å². The van der Waals surface area contributed by atoms with E-state index in [9.17, 15) is 0 Å². The van der Waals surface area contributed by atoms with Gasteiger partial charge in [0.25, 0.3) is 0 Å². The summed E-state index contributed by atoms with van der Waals surface area (Å²) in [4.78, 5) is 0. The Bertz CT molecular complexity index is 109. The zero-order chi connectivity index (χ0) is 7.40. The van der Waals surface area contributed by atoms with Crippen molar-refractivity contribution in [1.82, 2.24) is 5.32 Å². The van der Waals surface area contributed by atoms with Crippen molar-refractivity contribution < 1.29 is 0 Å². The summed E-state index contributed by atoms with van der Waals surface area (Å²) in [5, 5.41) is 3.54. The Labute approximate surface area is 63.5 Å². The Morgan fingerprint density at radius 1 is 1.60 bits per heavy atom. The highest BCUT2D eigenvalue weighted by atomic mass is 15.0. The summed E-state index contributed by atoms with van der Waals surface area (Å²) in [6, 6.07) is 1.52. The van der Waals surface area contributed by atoms with Crippen molar-refractivity contribution in [3.8, 4) is 0 Å². The van der Waals surface area contributed by atoms with Gasteiger partial charge in [0.2, 0.25) is 0 Å². The van der Waals surface area contributed by atoms with Crippen LogP contribution in [0.5, 0.6) is 0 Å². The van der Waals surface area contributed by atoms with Crippen LogP contribution in [0, 0.1) is 0 Å². The lowest BCUT2D eigenvalue weighted by Gasteiger charge is -2.08. The molecule has 0 spiro atoms. The molecule has 0 radical (unpaired) electrons. The molecule has 0 saturated carbocycles. The van der Waals surface area contributed by atoms with Gasteiger partial charge in [0.1, 0.15) is 0 Å². The summed E-state index contributed by atoms with van der Waals surface area (Å²) < 4.78 is 0. The van der Waals surface area contributed by atoms with E-state index in [4.69, 9.17) is 0 Å². The Kier molecular flexibility index (Phi) is 2.94. The second kappa shape index (κ2) is 3.77. The minimum absolute atomic E-state index is 0.745. The van der Waals surface area contributed by atoms with Gasteiger partial charge in [-0.05, 0) is 32.6 Å². The molecule has 0 bridgehead atoms. The third-order valence-electron chi connectivity index (χ3n) is 2.19. The molecule has 1 fully saturated rings. The smallest absolute Gasteiger partial charge is 0.00730 e. The van der Waals surface area contributed by atoms with E-state index in [1.807, 2.05) is 6.08 Å². The molecule has 1 nitrogen and oxygen atoms in total. The van der Waals surface area contributed by atoms with Gasteiger partial charge < -0.3 is 5.32 Å². The molecule has 1 aliphatic heterocycles. The maximum atomic E-state index is 3.71. The number of hydrogen-bond donors (Lipinski definition) is 1. The van der Waals surface area contributed by atoms with E-state index in [0.29, 0.717) is 0 Å². The lowest BCUT2D eigenvalue weighted by molar-refractivity contribution is 0.531. The molecule has 1 aliphatic rings. The van der Waals surface area contributed by atoms with Crippen LogP contribution in [-0.4, -0.2) is 12.1 Å². The second-order valence-corrected chi connectivity index (χ2v) is 3.21. The monoisotopic (exact) mass is 139 g/mol. The van der Waals surface area contributed by atoms with Crippen molar-refractivity contribution in [1.29, 1.82) is 0 Å². The van der Waals surface area contributed by atoms with Gasteiger partial charge in [-0.25, -0.2) is 0 Å². The summed E-state index contributed by atoms with van der Waals surface area (Å²) in [7, 11) is 0. The predicted octanol–water partition coefficient (Wildman–Crippen LogP) is 2.09. The first kappa shape index (κ1) is 7.80. The first-order valence-corrected chi connectivity index (χ1v) is 4.20. The maximum absolute atomic E-state index is 3.71. The van der Waals surface area contributed by atoms with E-state index in [2.05, 4.69) is 18.8 Å². The van der Waals surface area contributed by atoms with Crippen LogP contribution in [0.25, 0.3) is 0 Å². The first-order chi connectivity index (χ1) is 4.83. The summed E-state index contributed by atoms with van der Waals surface area (Å²) in [5.74, 6) is 0. The molecule has 1 rings (SSSR count). The van der Waals surface area contributed by atoms with Crippen molar-refractivity contribution in [3.63, 3.8) is 0 Å². The van der Waals surface area contributed by atoms with Crippen molar-refractivity contribution in [2.75, 3.05) is 0 Å². The van der Waals surface area contributed by atoms with E-state index in [1.54, 1.807) is 0 Å². The molecule has 2 atom stereocenters. The van der Waals surface area contributed by atoms with Gasteiger partial charge in [-0.15, -0.1) is 6.58 Å². The molecule has 0 aromatic heterocycles. The fourth-order valence-electron chi connectivity index (χ4n) is 1.57. The summed E-state index contributed by atoms with van der Waals surface area (Å²) in [6.07, 6.45) is 7.14. The molecule has 0 aromatic rings. The van der Waals surface area contributed by atoms with E-state index < -0.39 is 0 Å². The second-order valence-electron chi connectivity index (χ2n) is 3.21. The third kappa shape index (κ3) is 2.14. The van der Waals surface area contributed by atoms with E-state index >= 15 is 0 Å². The van der Waals surface area contributed by atoms with Gasteiger partial charge in [-0.1, -0.05) is 6.08 Å². The summed E-state index contributed by atoms with van der Waals surface area (Å²) >= 11 is 0. The molecule has 0 aliphatic carbocycles. The Morgan fingerprint density at radius 2 is 2.40 bits per heavy atom. The number of allylic oxidation sites excluding steroid dienone is 1. The van der Waals surface area contributed by atoms with Crippen LogP contribution in [0.3, 0.4) is 0 Å². The molecule has 58 valence electrons. The molecular weight excluding hydrogens is 122 g/mol. The minimum Gasteiger partial charge on any atom is -0.311 e. The minimum atomic E-state index is 0.745. The lowest BCUT2D eigenvalue weighted by atomic mass is 10.1. The van der Waals surface area contributed by atoms with Crippen LogP contribution in [-0.2, 0) is 0 Å². The van der Waals surface area contributed by atoms with Gasteiger partial charge in [0.05, 0.1) is 0 Å². The van der Waals surface area contributed by atoms with Crippen LogP contribution in [0.1, 0.15) is 32.6 Å². The number of nitrogens with one attached hydrogen (secondary N) is 1. The molecule has 0 aromatic carbocycles. The maximum Gasteiger partial charge on any atom is 0.00730 e. The lowest BCUT2D eigenvalue weighted by Crippen LogP contribution is -2.26. The average Bonchev–Trinajstić information content (AvgIpc) is 2.31. The first-order valence-electron chi connectivity index (χ1n) is 4.20. The van der Waals surface area contributed by atoms with Crippen LogP contribution < -0.4 is 5.32 Å². The molecule has 0 unspecified atom stereocenters. The van der Waals surface area contributed by atoms with Gasteiger partial charge in [0, 0.05) is 12.1 Å². The van der Waals surface area contributed by atoms with Gasteiger partial charge >= 0.3 is 0 Å². The quantitative estimate of drug-likeness (QED) is 0.590. The van der Waals surface area contributed by atoms with E-state index in [-0.39, 0.29) is 0 Å². The molecule has 0 amide bonds. The zero-order valence-corrected chi connectivity index (χ0v) is 6.77. The van der Waals surface area contributed by atoms with Crippen molar-refractivity contribution >= 4 is 0 Å². The predicted molar refractivity (Wildman–Crippen MR) is 45.1 cm³/mol. The fraction of sp³-hybridized carbons (Fsp3) is 0.778. The third-order valence-corrected chi connectivity index (χ3v) is 2.19. The number of rotatable bonds is 3. The summed E-state index contributed by atoms with van der Waals surface area (Å²) in [6.45, 7) is 5.97. The van der Waals surface area contributed by atoms with Crippen molar-refractivity contribution in [2.24, 2.45) is 0 Å². The topological polar surface area (TPSA) is 12.0 Å². The SMILES string of the molecule is C=CCC[C@H]1CC[C@H](C)N1. The van der Waals surface area contributed by atoms with Crippen LogP contribution in [0.15, 0.2) is 12.7 Å². The van der Waals surface area contributed by atoms with Crippen molar-refractivity contribution in [3.05, 3.63) is 12.7 Å². The van der Waals surface area contributed by atoms with Crippen LogP contribution in [0.4, 0.5) is 0 Å². The molecule has 1 saturated heterocycles. The zero-order valence-electron chi connectivity index (χ0n) is 6.77. The standard InChI is InChI=1S/C9H17N/c1-3-4-5-9-7-6-8(2)10-9/h3,8-10H,1,4-7H2,2H3/t8-,9-/m0/s1. The van der Waals surface area contributed by atoms with E-state index in [0.717, 1.165) is 18.5 Å². The van der Waals surface area contributed by atoms with Crippen molar-refractivity contribution in [2.45, 2.75) is 44.7 Å². The Balaban J connectivity index is 2.12. The average molecular weight is 139 g/mol. The fourth-order valence-corrected chi connectivity index (χ4v) is 1.57.